The zero-order valence-corrected chi connectivity index (χ0v) is 13.9. The molecule has 124 valence electrons. The van der Waals surface area contributed by atoms with Crippen LogP contribution in [0.15, 0.2) is 42.9 Å². The summed E-state index contributed by atoms with van der Waals surface area (Å²) in [6.07, 6.45) is 8.23. The number of fused-ring (bicyclic) bond motifs is 1. The third kappa shape index (κ3) is 3.10. The van der Waals surface area contributed by atoms with Crippen LogP contribution >= 0.6 is 0 Å². The van der Waals surface area contributed by atoms with Crippen LogP contribution in [0.5, 0.6) is 0 Å². The number of nitrogens with zero attached hydrogens (tertiary/aromatic N) is 5. The van der Waals surface area contributed by atoms with Crippen molar-refractivity contribution >= 4 is 11.5 Å². The van der Waals surface area contributed by atoms with Gasteiger partial charge in [-0.3, -0.25) is 0 Å². The third-order valence-electron chi connectivity index (χ3n) is 4.60. The van der Waals surface area contributed by atoms with E-state index in [1.54, 1.807) is 6.20 Å². The van der Waals surface area contributed by atoms with Crippen molar-refractivity contribution in [1.82, 2.24) is 24.9 Å². The molecule has 0 aliphatic carbocycles. The first-order valence-electron chi connectivity index (χ1n) is 8.49. The smallest absolute Gasteiger partial charge is 0.151 e. The molecular weight excluding hydrogens is 300 g/mol. The molecule has 1 aliphatic heterocycles. The maximum absolute atomic E-state index is 4.74. The molecule has 0 bridgehead atoms. The molecule has 0 aromatic carbocycles. The van der Waals surface area contributed by atoms with Crippen LogP contribution in [0.25, 0.3) is 5.65 Å². The lowest BCUT2D eigenvalue weighted by molar-refractivity contribution is 0.418. The number of hydrogen-bond donors (Lipinski definition) is 1. The van der Waals surface area contributed by atoms with Crippen molar-refractivity contribution in [2.24, 2.45) is 0 Å². The predicted molar refractivity (Wildman–Crippen MR) is 94.0 cm³/mol. The predicted octanol–water partition coefficient (Wildman–Crippen LogP) is 2.19. The van der Waals surface area contributed by atoms with E-state index in [0.717, 1.165) is 36.8 Å². The van der Waals surface area contributed by atoms with Crippen LogP contribution < -0.4 is 10.2 Å². The van der Waals surface area contributed by atoms with Gasteiger partial charge in [0.1, 0.15) is 5.65 Å². The third-order valence-corrected chi connectivity index (χ3v) is 4.60. The van der Waals surface area contributed by atoms with Gasteiger partial charge >= 0.3 is 0 Å². The second kappa shape index (κ2) is 6.57. The fraction of sp³-hybridized carbons (Fsp3) is 0.389. The number of pyridine rings is 1. The van der Waals surface area contributed by atoms with Crippen LogP contribution in [-0.4, -0.2) is 38.7 Å². The molecule has 3 aromatic heterocycles. The number of rotatable bonds is 4. The van der Waals surface area contributed by atoms with Crippen molar-refractivity contribution in [1.29, 1.82) is 0 Å². The van der Waals surface area contributed by atoms with E-state index in [9.17, 15) is 0 Å². The molecule has 3 aromatic rings. The Morgan fingerprint density at radius 1 is 1.29 bits per heavy atom. The lowest BCUT2D eigenvalue weighted by Crippen LogP contribution is -2.45. The molecule has 1 N–H and O–H groups in total. The van der Waals surface area contributed by atoms with Gasteiger partial charge in [0.05, 0.1) is 5.69 Å². The van der Waals surface area contributed by atoms with E-state index < -0.39 is 0 Å². The molecule has 4 rings (SSSR count). The van der Waals surface area contributed by atoms with Gasteiger partial charge in [-0.2, -0.15) is 5.10 Å². The second-order valence-electron chi connectivity index (χ2n) is 6.40. The first-order valence-corrected chi connectivity index (χ1v) is 8.49. The average Bonchev–Trinajstić information content (AvgIpc) is 3.06. The van der Waals surface area contributed by atoms with Gasteiger partial charge in [-0.1, -0.05) is 6.07 Å². The van der Waals surface area contributed by atoms with Gasteiger partial charge in [0.15, 0.2) is 5.82 Å². The number of nitrogens with one attached hydrogen (secondary N) is 1. The highest BCUT2D eigenvalue weighted by molar-refractivity contribution is 5.47. The second-order valence-corrected chi connectivity index (χ2v) is 6.40. The van der Waals surface area contributed by atoms with Crippen LogP contribution in [0.4, 0.5) is 5.82 Å². The first-order chi connectivity index (χ1) is 11.8. The molecule has 24 heavy (non-hydrogen) atoms. The monoisotopic (exact) mass is 322 g/mol. The summed E-state index contributed by atoms with van der Waals surface area (Å²) >= 11 is 0. The Morgan fingerprint density at radius 2 is 2.25 bits per heavy atom. The Kier molecular flexibility index (Phi) is 4.13. The average molecular weight is 322 g/mol. The summed E-state index contributed by atoms with van der Waals surface area (Å²) < 4.78 is 2.10. The molecule has 4 heterocycles. The van der Waals surface area contributed by atoms with E-state index in [1.165, 1.54) is 18.4 Å². The highest BCUT2D eigenvalue weighted by atomic mass is 15.3. The van der Waals surface area contributed by atoms with E-state index in [0.29, 0.717) is 6.04 Å². The van der Waals surface area contributed by atoms with Crippen molar-refractivity contribution in [3.8, 4) is 0 Å². The quantitative estimate of drug-likeness (QED) is 0.798. The number of imidazole rings is 1. The molecule has 1 atom stereocenters. The topological polar surface area (TPSA) is 58.4 Å². The van der Waals surface area contributed by atoms with E-state index in [-0.39, 0.29) is 0 Å². The highest BCUT2D eigenvalue weighted by Crippen LogP contribution is 2.17. The molecule has 1 aliphatic rings. The van der Waals surface area contributed by atoms with Gasteiger partial charge in [0.2, 0.25) is 0 Å². The molecule has 0 amide bonds. The SMILES string of the molecule is Cc1cccn2cc(CNC3CCCN(c4cccnn4)C3)nc12. The summed E-state index contributed by atoms with van der Waals surface area (Å²) in [6, 6.07) is 8.57. The van der Waals surface area contributed by atoms with Gasteiger partial charge in [0.25, 0.3) is 0 Å². The Hall–Kier alpha value is -2.47. The molecule has 1 unspecified atom stereocenters. The molecule has 0 spiro atoms. The Morgan fingerprint density at radius 3 is 3.08 bits per heavy atom. The van der Waals surface area contributed by atoms with Gasteiger partial charge in [-0.15, -0.1) is 5.10 Å². The molecule has 6 heteroatoms. The normalized spacial score (nSPS) is 18.2. The lowest BCUT2D eigenvalue weighted by Gasteiger charge is -2.33. The fourth-order valence-corrected chi connectivity index (χ4v) is 3.35. The summed E-state index contributed by atoms with van der Waals surface area (Å²) in [7, 11) is 0. The maximum Gasteiger partial charge on any atom is 0.151 e. The first kappa shape index (κ1) is 15.1. The van der Waals surface area contributed by atoms with Crippen molar-refractivity contribution in [2.45, 2.75) is 32.4 Å². The number of piperidine rings is 1. The largest absolute Gasteiger partial charge is 0.354 e. The van der Waals surface area contributed by atoms with Crippen LogP contribution in [0.1, 0.15) is 24.1 Å². The minimum atomic E-state index is 0.451. The van der Waals surface area contributed by atoms with Crippen molar-refractivity contribution in [3.05, 3.63) is 54.1 Å². The Balaban J connectivity index is 1.40. The highest BCUT2D eigenvalue weighted by Gasteiger charge is 2.20. The molecule has 1 saturated heterocycles. The number of hydrogen-bond acceptors (Lipinski definition) is 5. The number of aryl methyl sites for hydroxylation is 1. The Bertz CT molecular complexity index is 813. The minimum absolute atomic E-state index is 0.451. The number of anilines is 1. The fourth-order valence-electron chi connectivity index (χ4n) is 3.35. The summed E-state index contributed by atoms with van der Waals surface area (Å²) in [6.45, 7) is 4.90. The zero-order chi connectivity index (χ0) is 16.4. The van der Waals surface area contributed by atoms with E-state index in [4.69, 9.17) is 4.98 Å². The lowest BCUT2D eigenvalue weighted by atomic mass is 10.1. The van der Waals surface area contributed by atoms with Gasteiger partial charge in [0, 0.05) is 44.3 Å². The van der Waals surface area contributed by atoms with Gasteiger partial charge in [-0.25, -0.2) is 4.98 Å². The number of aromatic nitrogens is 4. The molecule has 0 radical (unpaired) electrons. The van der Waals surface area contributed by atoms with Crippen molar-refractivity contribution in [3.63, 3.8) is 0 Å². The molecule has 6 nitrogen and oxygen atoms in total. The maximum atomic E-state index is 4.74. The summed E-state index contributed by atoms with van der Waals surface area (Å²) in [5, 5.41) is 11.9. The van der Waals surface area contributed by atoms with E-state index in [2.05, 4.69) is 56.3 Å². The Labute approximate surface area is 141 Å². The minimum Gasteiger partial charge on any atom is -0.354 e. The summed E-state index contributed by atoms with van der Waals surface area (Å²) in [5.41, 5.74) is 3.33. The van der Waals surface area contributed by atoms with Crippen LogP contribution in [0.3, 0.4) is 0 Å². The van der Waals surface area contributed by atoms with Crippen LogP contribution in [0, 0.1) is 6.92 Å². The molecule has 1 fully saturated rings. The van der Waals surface area contributed by atoms with Gasteiger partial charge in [-0.05, 0) is 43.5 Å². The van der Waals surface area contributed by atoms with Crippen LogP contribution in [-0.2, 0) is 6.54 Å². The van der Waals surface area contributed by atoms with Crippen molar-refractivity contribution < 1.29 is 0 Å². The zero-order valence-electron chi connectivity index (χ0n) is 13.9. The van der Waals surface area contributed by atoms with Crippen LogP contribution in [0.2, 0.25) is 0 Å². The summed E-state index contributed by atoms with van der Waals surface area (Å²) in [5.74, 6) is 0.965. The van der Waals surface area contributed by atoms with E-state index in [1.807, 2.05) is 12.1 Å². The molecular formula is C18H22N6. The standard InChI is InChI=1S/C18H22N6/c1-14-5-3-10-24-13-16(21-18(14)24)11-19-15-6-4-9-23(12-15)17-7-2-8-20-22-17/h2-3,5,7-8,10,13,15,19H,4,6,9,11-12H2,1H3. The van der Waals surface area contributed by atoms with Crippen molar-refractivity contribution in [2.75, 3.05) is 18.0 Å². The summed E-state index contributed by atoms with van der Waals surface area (Å²) in [4.78, 5) is 7.05. The van der Waals surface area contributed by atoms with Gasteiger partial charge < -0.3 is 14.6 Å². The van der Waals surface area contributed by atoms with E-state index >= 15 is 0 Å². The molecule has 0 saturated carbocycles.